The van der Waals surface area contributed by atoms with Gasteiger partial charge >= 0.3 is 0 Å². The highest BCUT2D eigenvalue weighted by Crippen LogP contribution is 2.35. The van der Waals surface area contributed by atoms with E-state index in [1.807, 2.05) is 0 Å². The molecule has 1 aromatic rings. The lowest BCUT2D eigenvalue weighted by atomic mass is 9.78. The molecule has 2 heterocycles. The Hall–Kier alpha value is -1.06. The van der Waals surface area contributed by atoms with Crippen LogP contribution in [0.15, 0.2) is 18.2 Å². The molecular formula is C17H27N3. The van der Waals surface area contributed by atoms with E-state index in [0.29, 0.717) is 17.9 Å². The SMILES string of the molecule is CC1CC(c2ccc3c(c2)CCCN3C)C(CN)CN1. The number of hydrogen-bond donors (Lipinski definition) is 2. The molecule has 3 heteroatoms. The molecule has 2 aliphatic rings. The second-order valence-corrected chi connectivity index (χ2v) is 6.56. The van der Waals surface area contributed by atoms with E-state index in [9.17, 15) is 0 Å². The fraction of sp³-hybridized carbons (Fsp3) is 0.647. The average Bonchev–Trinajstić information content (AvgIpc) is 2.47. The highest BCUT2D eigenvalue weighted by molar-refractivity contribution is 5.56. The van der Waals surface area contributed by atoms with Gasteiger partial charge in [-0.1, -0.05) is 12.1 Å². The third-order valence-electron chi connectivity index (χ3n) is 5.09. The first-order chi connectivity index (χ1) is 9.69. The van der Waals surface area contributed by atoms with E-state index in [4.69, 9.17) is 5.73 Å². The van der Waals surface area contributed by atoms with Gasteiger partial charge in [-0.15, -0.1) is 0 Å². The van der Waals surface area contributed by atoms with Crippen molar-refractivity contribution in [1.82, 2.24) is 5.32 Å². The van der Waals surface area contributed by atoms with E-state index >= 15 is 0 Å². The molecule has 1 saturated heterocycles. The highest BCUT2D eigenvalue weighted by atomic mass is 15.1. The minimum absolute atomic E-state index is 0.575. The van der Waals surface area contributed by atoms with Crippen LogP contribution in [-0.4, -0.2) is 32.7 Å². The first-order valence-electron chi connectivity index (χ1n) is 7.96. The zero-order valence-electron chi connectivity index (χ0n) is 12.7. The Bertz CT molecular complexity index is 471. The lowest BCUT2D eigenvalue weighted by Gasteiger charge is -2.36. The molecule has 0 saturated carbocycles. The number of nitrogens with zero attached hydrogens (tertiary/aromatic N) is 1. The number of nitrogens with two attached hydrogens (primary N) is 1. The van der Waals surface area contributed by atoms with Crippen molar-refractivity contribution >= 4 is 5.69 Å². The van der Waals surface area contributed by atoms with Gasteiger partial charge in [-0.25, -0.2) is 0 Å². The summed E-state index contributed by atoms with van der Waals surface area (Å²) in [6.07, 6.45) is 3.70. The van der Waals surface area contributed by atoms with Gasteiger partial charge in [-0.05, 0) is 68.3 Å². The number of anilines is 1. The van der Waals surface area contributed by atoms with E-state index in [-0.39, 0.29) is 0 Å². The van der Waals surface area contributed by atoms with Crippen LogP contribution in [0.4, 0.5) is 5.69 Å². The Balaban J connectivity index is 1.89. The minimum Gasteiger partial charge on any atom is -0.374 e. The minimum atomic E-state index is 0.575. The summed E-state index contributed by atoms with van der Waals surface area (Å²) in [4.78, 5) is 2.38. The summed E-state index contributed by atoms with van der Waals surface area (Å²) in [5, 5.41) is 3.56. The predicted octanol–water partition coefficient (Wildman–Crippen LogP) is 2.11. The molecule has 3 nitrogen and oxygen atoms in total. The van der Waals surface area contributed by atoms with Gasteiger partial charge in [0.25, 0.3) is 0 Å². The smallest absolute Gasteiger partial charge is 0.0396 e. The molecule has 2 aliphatic heterocycles. The number of rotatable bonds is 2. The highest BCUT2D eigenvalue weighted by Gasteiger charge is 2.29. The Morgan fingerprint density at radius 3 is 3.05 bits per heavy atom. The standard InChI is InChI=1S/C17H27N3/c1-12-8-16(15(10-18)11-19-12)13-5-6-17-14(9-13)4-3-7-20(17)2/h5-6,9,12,15-16,19H,3-4,7-8,10-11,18H2,1-2H3. The first kappa shape index (κ1) is 13.9. The van der Waals surface area contributed by atoms with Gasteiger partial charge in [-0.2, -0.15) is 0 Å². The second-order valence-electron chi connectivity index (χ2n) is 6.56. The van der Waals surface area contributed by atoms with Gasteiger partial charge in [0.1, 0.15) is 0 Å². The number of fused-ring (bicyclic) bond motifs is 1. The van der Waals surface area contributed by atoms with Gasteiger partial charge in [0.15, 0.2) is 0 Å². The molecule has 0 radical (unpaired) electrons. The number of benzene rings is 1. The van der Waals surface area contributed by atoms with Crippen LogP contribution < -0.4 is 16.0 Å². The van der Waals surface area contributed by atoms with Crippen molar-refractivity contribution in [2.75, 3.05) is 31.6 Å². The van der Waals surface area contributed by atoms with Crippen molar-refractivity contribution in [2.45, 2.75) is 38.1 Å². The molecular weight excluding hydrogens is 246 g/mol. The molecule has 110 valence electrons. The van der Waals surface area contributed by atoms with Crippen LogP contribution in [0.5, 0.6) is 0 Å². The van der Waals surface area contributed by atoms with E-state index in [1.54, 1.807) is 0 Å². The summed E-state index contributed by atoms with van der Waals surface area (Å²) < 4.78 is 0. The van der Waals surface area contributed by atoms with E-state index in [0.717, 1.165) is 13.1 Å². The topological polar surface area (TPSA) is 41.3 Å². The van der Waals surface area contributed by atoms with Crippen molar-refractivity contribution in [3.63, 3.8) is 0 Å². The molecule has 0 amide bonds. The molecule has 0 spiro atoms. The van der Waals surface area contributed by atoms with Crippen LogP contribution in [0, 0.1) is 5.92 Å². The molecule has 0 aliphatic carbocycles. The number of aryl methyl sites for hydroxylation is 1. The van der Waals surface area contributed by atoms with E-state index in [1.165, 1.54) is 42.6 Å². The lowest BCUT2D eigenvalue weighted by Crippen LogP contribution is -2.44. The van der Waals surface area contributed by atoms with E-state index < -0.39 is 0 Å². The van der Waals surface area contributed by atoms with Gasteiger partial charge in [0.05, 0.1) is 0 Å². The molecule has 1 fully saturated rings. The molecule has 3 unspecified atom stereocenters. The number of nitrogens with one attached hydrogen (secondary N) is 1. The monoisotopic (exact) mass is 273 g/mol. The maximum absolute atomic E-state index is 5.99. The van der Waals surface area contributed by atoms with Crippen LogP contribution in [0.1, 0.15) is 36.8 Å². The number of piperidine rings is 1. The van der Waals surface area contributed by atoms with Gasteiger partial charge < -0.3 is 16.0 Å². The molecule has 0 aromatic heterocycles. The van der Waals surface area contributed by atoms with Gasteiger partial charge in [-0.3, -0.25) is 0 Å². The third kappa shape index (κ3) is 2.57. The third-order valence-corrected chi connectivity index (χ3v) is 5.09. The quantitative estimate of drug-likeness (QED) is 0.867. The van der Waals surface area contributed by atoms with E-state index in [2.05, 4.69) is 42.4 Å². The van der Waals surface area contributed by atoms with Crippen LogP contribution in [0.25, 0.3) is 0 Å². The summed E-state index contributed by atoms with van der Waals surface area (Å²) in [6.45, 7) is 5.30. The maximum Gasteiger partial charge on any atom is 0.0396 e. The van der Waals surface area contributed by atoms with Crippen molar-refractivity contribution in [2.24, 2.45) is 11.7 Å². The molecule has 0 bridgehead atoms. The molecule has 20 heavy (non-hydrogen) atoms. The average molecular weight is 273 g/mol. The van der Waals surface area contributed by atoms with Crippen LogP contribution in [0.2, 0.25) is 0 Å². The zero-order valence-corrected chi connectivity index (χ0v) is 12.7. The largest absolute Gasteiger partial charge is 0.374 e. The van der Waals surface area contributed by atoms with Crippen LogP contribution >= 0.6 is 0 Å². The summed E-state index contributed by atoms with van der Waals surface area (Å²) >= 11 is 0. The Morgan fingerprint density at radius 2 is 2.25 bits per heavy atom. The van der Waals surface area contributed by atoms with Gasteiger partial charge in [0, 0.05) is 25.3 Å². The summed E-state index contributed by atoms with van der Waals surface area (Å²) in [6, 6.07) is 7.72. The van der Waals surface area contributed by atoms with Crippen molar-refractivity contribution in [3.8, 4) is 0 Å². The molecule has 1 aromatic carbocycles. The summed E-state index contributed by atoms with van der Waals surface area (Å²) in [7, 11) is 2.20. The molecule has 3 N–H and O–H groups in total. The Kier molecular flexibility index (Phi) is 3.99. The summed E-state index contributed by atoms with van der Waals surface area (Å²) in [5.41, 5.74) is 10.4. The van der Waals surface area contributed by atoms with Crippen LogP contribution in [0.3, 0.4) is 0 Å². The van der Waals surface area contributed by atoms with Crippen LogP contribution in [-0.2, 0) is 6.42 Å². The van der Waals surface area contributed by atoms with Gasteiger partial charge in [0.2, 0.25) is 0 Å². The fourth-order valence-electron chi connectivity index (χ4n) is 3.84. The molecule has 3 rings (SSSR count). The maximum atomic E-state index is 5.99. The predicted molar refractivity (Wildman–Crippen MR) is 85.4 cm³/mol. The number of hydrogen-bond acceptors (Lipinski definition) is 3. The summed E-state index contributed by atoms with van der Waals surface area (Å²) in [5.74, 6) is 1.19. The Labute approximate surface area is 122 Å². The Morgan fingerprint density at radius 1 is 1.40 bits per heavy atom. The fourth-order valence-corrected chi connectivity index (χ4v) is 3.84. The lowest BCUT2D eigenvalue weighted by molar-refractivity contribution is 0.285. The zero-order chi connectivity index (χ0) is 14.1. The normalized spacial score (nSPS) is 30.1. The van der Waals surface area contributed by atoms with Crippen molar-refractivity contribution < 1.29 is 0 Å². The first-order valence-corrected chi connectivity index (χ1v) is 7.96. The molecule has 3 atom stereocenters. The van der Waals surface area contributed by atoms with Crippen molar-refractivity contribution in [1.29, 1.82) is 0 Å². The van der Waals surface area contributed by atoms with Crippen molar-refractivity contribution in [3.05, 3.63) is 29.3 Å². The second kappa shape index (κ2) is 5.74.